The number of phenols is 1. The van der Waals surface area contributed by atoms with E-state index in [0.717, 1.165) is 22.4 Å². The van der Waals surface area contributed by atoms with Gasteiger partial charge in [0.25, 0.3) is 0 Å². The van der Waals surface area contributed by atoms with Gasteiger partial charge in [0.05, 0.1) is 18.1 Å². The zero-order valence-electron chi connectivity index (χ0n) is 11.7. The van der Waals surface area contributed by atoms with E-state index in [4.69, 9.17) is 4.74 Å². The molecule has 0 saturated carbocycles. The third kappa shape index (κ3) is 1.81. The lowest BCUT2D eigenvalue weighted by Crippen LogP contribution is -1.94. The van der Waals surface area contributed by atoms with Gasteiger partial charge in [-0.25, -0.2) is 4.98 Å². The summed E-state index contributed by atoms with van der Waals surface area (Å²) in [5.74, 6) is 1.41. The molecule has 3 rings (SSSR count). The molecule has 0 spiro atoms. The van der Waals surface area contributed by atoms with E-state index in [1.54, 1.807) is 12.1 Å². The number of benzene rings is 2. The third-order valence-electron chi connectivity index (χ3n) is 3.53. The maximum atomic E-state index is 9.91. The fourth-order valence-corrected chi connectivity index (χ4v) is 2.55. The summed E-state index contributed by atoms with van der Waals surface area (Å²) in [6.07, 6.45) is 0. The van der Waals surface area contributed by atoms with Crippen LogP contribution in [0.3, 0.4) is 0 Å². The molecule has 2 aromatic carbocycles. The average Bonchev–Trinajstić information content (AvgIpc) is 2.77. The average molecular weight is 268 g/mol. The minimum absolute atomic E-state index is 0.119. The molecule has 0 bridgehead atoms. The highest BCUT2D eigenvalue weighted by Crippen LogP contribution is 2.32. The predicted molar refractivity (Wildman–Crippen MR) is 79.1 cm³/mol. The van der Waals surface area contributed by atoms with Gasteiger partial charge in [0, 0.05) is 12.6 Å². The largest absolute Gasteiger partial charge is 0.504 e. The first-order valence-corrected chi connectivity index (χ1v) is 6.41. The summed E-state index contributed by atoms with van der Waals surface area (Å²) in [6.45, 7) is 2.07. The van der Waals surface area contributed by atoms with Crippen molar-refractivity contribution in [2.24, 2.45) is 7.05 Å². The van der Waals surface area contributed by atoms with Crippen LogP contribution in [-0.2, 0) is 7.05 Å². The number of rotatable bonds is 2. The number of aryl methyl sites for hydroxylation is 2. The summed E-state index contributed by atoms with van der Waals surface area (Å²) in [5, 5.41) is 9.91. The van der Waals surface area contributed by atoms with Crippen LogP contribution in [0.25, 0.3) is 22.4 Å². The number of imidazole rings is 1. The van der Waals surface area contributed by atoms with Gasteiger partial charge in [0.1, 0.15) is 5.82 Å². The SMILES string of the molecule is COc1ccc(-c2nc3cccc(C)c3n2C)cc1O. The highest BCUT2D eigenvalue weighted by Gasteiger charge is 2.13. The number of fused-ring (bicyclic) bond motifs is 1. The Balaban J connectivity index is 2.22. The zero-order valence-corrected chi connectivity index (χ0v) is 11.7. The van der Waals surface area contributed by atoms with Crippen molar-refractivity contribution >= 4 is 11.0 Å². The van der Waals surface area contributed by atoms with Crippen molar-refractivity contribution in [2.75, 3.05) is 7.11 Å². The molecule has 0 amide bonds. The molecule has 0 atom stereocenters. The molecule has 0 aliphatic rings. The van der Waals surface area contributed by atoms with Crippen molar-refractivity contribution in [3.05, 3.63) is 42.0 Å². The predicted octanol–water partition coefficient (Wildman–Crippen LogP) is 3.26. The number of methoxy groups -OCH3 is 1. The second-order valence-electron chi connectivity index (χ2n) is 4.82. The summed E-state index contributed by atoms with van der Waals surface area (Å²) in [6, 6.07) is 11.4. The molecular weight excluding hydrogens is 252 g/mol. The number of hydrogen-bond acceptors (Lipinski definition) is 3. The van der Waals surface area contributed by atoms with Gasteiger partial charge in [-0.1, -0.05) is 12.1 Å². The van der Waals surface area contributed by atoms with Crippen LogP contribution in [0.5, 0.6) is 11.5 Å². The Labute approximate surface area is 117 Å². The quantitative estimate of drug-likeness (QED) is 0.776. The second-order valence-corrected chi connectivity index (χ2v) is 4.82. The molecule has 0 aliphatic heterocycles. The van der Waals surface area contributed by atoms with Crippen LogP contribution in [0.15, 0.2) is 36.4 Å². The minimum atomic E-state index is 0.119. The molecule has 0 radical (unpaired) electrons. The number of para-hydroxylation sites is 1. The fraction of sp³-hybridized carbons (Fsp3) is 0.188. The standard InChI is InChI=1S/C16H16N2O2/c1-10-5-4-6-12-15(10)18(2)16(17-12)11-7-8-14(20-3)13(19)9-11/h4-9,19H,1-3H3. The maximum absolute atomic E-state index is 9.91. The molecule has 20 heavy (non-hydrogen) atoms. The Morgan fingerprint density at radius 2 is 2.00 bits per heavy atom. The number of phenolic OH excluding ortho intramolecular Hbond substituents is 1. The highest BCUT2D eigenvalue weighted by atomic mass is 16.5. The van der Waals surface area contributed by atoms with E-state index >= 15 is 0 Å². The van der Waals surface area contributed by atoms with Crippen molar-refractivity contribution < 1.29 is 9.84 Å². The zero-order chi connectivity index (χ0) is 14.3. The van der Waals surface area contributed by atoms with Crippen molar-refractivity contribution in [3.63, 3.8) is 0 Å². The van der Waals surface area contributed by atoms with Gasteiger partial charge >= 0.3 is 0 Å². The summed E-state index contributed by atoms with van der Waals surface area (Å²) >= 11 is 0. The van der Waals surface area contributed by atoms with Gasteiger partial charge in [0.15, 0.2) is 11.5 Å². The van der Waals surface area contributed by atoms with Gasteiger partial charge in [-0.2, -0.15) is 0 Å². The van der Waals surface area contributed by atoms with Crippen LogP contribution in [0.2, 0.25) is 0 Å². The van der Waals surface area contributed by atoms with Crippen LogP contribution >= 0.6 is 0 Å². The van der Waals surface area contributed by atoms with E-state index in [2.05, 4.69) is 18.0 Å². The minimum Gasteiger partial charge on any atom is -0.504 e. The van der Waals surface area contributed by atoms with Crippen LogP contribution in [0, 0.1) is 6.92 Å². The summed E-state index contributed by atoms with van der Waals surface area (Å²) in [4.78, 5) is 4.65. The lowest BCUT2D eigenvalue weighted by Gasteiger charge is -2.07. The number of ether oxygens (including phenoxy) is 1. The molecule has 0 fully saturated rings. The third-order valence-corrected chi connectivity index (χ3v) is 3.53. The molecule has 3 aromatic rings. The lowest BCUT2D eigenvalue weighted by atomic mass is 10.2. The van der Waals surface area contributed by atoms with Crippen molar-refractivity contribution in [2.45, 2.75) is 6.92 Å². The van der Waals surface area contributed by atoms with E-state index in [0.29, 0.717) is 5.75 Å². The molecule has 1 aromatic heterocycles. The van der Waals surface area contributed by atoms with Gasteiger partial charge in [-0.15, -0.1) is 0 Å². The van der Waals surface area contributed by atoms with E-state index in [9.17, 15) is 5.11 Å². The number of aromatic nitrogens is 2. The van der Waals surface area contributed by atoms with Crippen LogP contribution in [0.4, 0.5) is 0 Å². The van der Waals surface area contributed by atoms with Crippen LogP contribution in [0.1, 0.15) is 5.56 Å². The Bertz CT molecular complexity index is 791. The van der Waals surface area contributed by atoms with E-state index in [-0.39, 0.29) is 5.75 Å². The molecular formula is C16H16N2O2. The number of hydrogen-bond donors (Lipinski definition) is 1. The highest BCUT2D eigenvalue weighted by molar-refractivity contribution is 5.83. The first-order chi connectivity index (χ1) is 9.61. The molecule has 0 unspecified atom stereocenters. The first kappa shape index (κ1) is 12.5. The molecule has 1 heterocycles. The maximum Gasteiger partial charge on any atom is 0.160 e. The number of nitrogens with zero attached hydrogens (tertiary/aromatic N) is 2. The van der Waals surface area contributed by atoms with Crippen molar-refractivity contribution in [1.29, 1.82) is 0 Å². The Kier molecular flexibility index (Phi) is 2.86. The topological polar surface area (TPSA) is 47.3 Å². The first-order valence-electron chi connectivity index (χ1n) is 6.41. The van der Waals surface area contributed by atoms with Gasteiger partial charge < -0.3 is 14.4 Å². The monoisotopic (exact) mass is 268 g/mol. The Hall–Kier alpha value is -2.49. The summed E-state index contributed by atoms with van der Waals surface area (Å²) in [7, 11) is 3.52. The van der Waals surface area contributed by atoms with Gasteiger partial charge in [-0.05, 0) is 36.8 Å². The lowest BCUT2D eigenvalue weighted by molar-refractivity contribution is 0.373. The molecule has 102 valence electrons. The molecule has 4 heteroatoms. The fourth-order valence-electron chi connectivity index (χ4n) is 2.55. The van der Waals surface area contributed by atoms with Crippen LogP contribution in [-0.4, -0.2) is 21.8 Å². The molecule has 0 saturated heterocycles. The van der Waals surface area contributed by atoms with Crippen LogP contribution < -0.4 is 4.74 Å². The summed E-state index contributed by atoms with van der Waals surface area (Å²) in [5.41, 5.74) is 4.11. The molecule has 4 nitrogen and oxygen atoms in total. The Morgan fingerprint density at radius 1 is 1.20 bits per heavy atom. The summed E-state index contributed by atoms with van der Waals surface area (Å²) < 4.78 is 7.11. The van der Waals surface area contributed by atoms with Gasteiger partial charge in [-0.3, -0.25) is 0 Å². The molecule has 0 aliphatic carbocycles. The smallest absolute Gasteiger partial charge is 0.160 e. The molecule has 1 N–H and O–H groups in total. The normalized spacial score (nSPS) is 10.9. The van der Waals surface area contributed by atoms with Gasteiger partial charge in [0.2, 0.25) is 0 Å². The van der Waals surface area contributed by atoms with E-state index in [1.165, 1.54) is 12.7 Å². The second kappa shape index (κ2) is 4.56. The van der Waals surface area contributed by atoms with E-state index in [1.807, 2.05) is 29.8 Å². The van der Waals surface area contributed by atoms with E-state index < -0.39 is 0 Å². The van der Waals surface area contributed by atoms with Crippen molar-refractivity contribution in [3.8, 4) is 22.9 Å². The Morgan fingerprint density at radius 3 is 2.65 bits per heavy atom. The van der Waals surface area contributed by atoms with Crippen molar-refractivity contribution in [1.82, 2.24) is 9.55 Å². The number of aromatic hydroxyl groups is 1.